The maximum Gasteiger partial charge on any atom is 0.269 e. The molecule has 7 nitrogen and oxygen atoms in total. The highest BCUT2D eigenvalue weighted by molar-refractivity contribution is 7.89. The third-order valence-electron chi connectivity index (χ3n) is 3.53. The zero-order chi connectivity index (χ0) is 17.8. The molecule has 0 heterocycles. The molecule has 1 rings (SSSR count). The maximum atomic E-state index is 11.8. The van der Waals surface area contributed by atoms with Crippen molar-refractivity contribution >= 4 is 21.9 Å². The minimum Gasteiger partial charge on any atom is -0.258 e. The number of nitrogens with zero attached hydrogens (tertiary/aromatic N) is 2. The number of nitro benzene ring substituents is 1. The van der Waals surface area contributed by atoms with E-state index in [0.29, 0.717) is 12.0 Å². The van der Waals surface area contributed by atoms with E-state index in [1.807, 2.05) is 0 Å². The molecule has 134 valence electrons. The number of hydrogen-bond acceptors (Lipinski definition) is 5. The Morgan fingerprint density at radius 2 is 1.67 bits per heavy atom. The number of sulfonamides is 1. The van der Waals surface area contributed by atoms with Gasteiger partial charge in [0.2, 0.25) is 10.0 Å². The summed E-state index contributed by atoms with van der Waals surface area (Å²) in [5, 5.41) is 14.2. The molecule has 0 aliphatic heterocycles. The Labute approximate surface area is 143 Å². The molecule has 0 atom stereocenters. The Hall–Kier alpha value is -1.96. The second kappa shape index (κ2) is 10.7. The predicted octanol–water partition coefficient (Wildman–Crippen LogP) is 3.60. The minimum absolute atomic E-state index is 0.0216. The maximum absolute atomic E-state index is 11.8. The number of nitrogens with one attached hydrogen (secondary N) is 1. The van der Waals surface area contributed by atoms with Crippen LogP contribution in [0.25, 0.3) is 0 Å². The van der Waals surface area contributed by atoms with E-state index in [9.17, 15) is 18.5 Å². The molecule has 24 heavy (non-hydrogen) atoms. The highest BCUT2D eigenvalue weighted by Crippen LogP contribution is 2.10. The first kappa shape index (κ1) is 20.1. The molecular weight excluding hydrogens is 330 g/mol. The van der Waals surface area contributed by atoms with Crippen LogP contribution in [0.5, 0.6) is 0 Å². The predicted molar refractivity (Wildman–Crippen MR) is 95.6 cm³/mol. The van der Waals surface area contributed by atoms with Crippen LogP contribution >= 0.6 is 0 Å². The first-order chi connectivity index (χ1) is 11.4. The lowest BCUT2D eigenvalue weighted by atomic mass is 10.1. The molecule has 1 aromatic rings. The van der Waals surface area contributed by atoms with E-state index < -0.39 is 14.9 Å². The van der Waals surface area contributed by atoms with Crippen molar-refractivity contribution in [2.24, 2.45) is 5.10 Å². The van der Waals surface area contributed by atoms with Crippen LogP contribution in [0.15, 0.2) is 29.4 Å². The molecule has 0 saturated heterocycles. The largest absolute Gasteiger partial charge is 0.269 e. The van der Waals surface area contributed by atoms with Gasteiger partial charge in [-0.3, -0.25) is 10.1 Å². The van der Waals surface area contributed by atoms with Gasteiger partial charge in [0.15, 0.2) is 0 Å². The number of hydrogen-bond donors (Lipinski definition) is 1. The van der Waals surface area contributed by atoms with Gasteiger partial charge in [0, 0.05) is 12.1 Å². The molecule has 0 saturated carbocycles. The van der Waals surface area contributed by atoms with E-state index in [0.717, 1.165) is 19.3 Å². The van der Waals surface area contributed by atoms with Crippen molar-refractivity contribution in [1.29, 1.82) is 0 Å². The summed E-state index contributed by atoms with van der Waals surface area (Å²) >= 11 is 0. The summed E-state index contributed by atoms with van der Waals surface area (Å²) in [5.74, 6) is 0.0539. The fourth-order valence-corrected chi connectivity index (χ4v) is 3.05. The topological polar surface area (TPSA) is 102 Å². The van der Waals surface area contributed by atoms with Crippen molar-refractivity contribution in [2.45, 2.75) is 51.9 Å². The summed E-state index contributed by atoms with van der Waals surface area (Å²) in [6.45, 7) is 2.16. The molecule has 0 bridgehead atoms. The van der Waals surface area contributed by atoms with E-state index >= 15 is 0 Å². The molecular formula is C16H25N3O4S. The number of non-ortho nitro benzene ring substituents is 1. The van der Waals surface area contributed by atoms with Gasteiger partial charge in [0.05, 0.1) is 16.9 Å². The van der Waals surface area contributed by atoms with Gasteiger partial charge in [-0.05, 0) is 24.1 Å². The molecule has 0 spiro atoms. The van der Waals surface area contributed by atoms with E-state index in [4.69, 9.17) is 0 Å². The van der Waals surface area contributed by atoms with Crippen molar-refractivity contribution in [1.82, 2.24) is 4.83 Å². The van der Waals surface area contributed by atoms with E-state index in [2.05, 4.69) is 16.9 Å². The average Bonchev–Trinajstić information content (AvgIpc) is 2.54. The van der Waals surface area contributed by atoms with Crippen LogP contribution in [0.1, 0.15) is 57.4 Å². The number of hydrazone groups is 1. The molecule has 1 aromatic carbocycles. The third kappa shape index (κ3) is 8.61. The van der Waals surface area contributed by atoms with Gasteiger partial charge in [-0.15, -0.1) is 0 Å². The summed E-state index contributed by atoms with van der Waals surface area (Å²) in [7, 11) is -3.43. The number of benzene rings is 1. The van der Waals surface area contributed by atoms with Crippen LogP contribution in [-0.4, -0.2) is 25.3 Å². The lowest BCUT2D eigenvalue weighted by Gasteiger charge is -2.03. The molecule has 0 fully saturated rings. The number of unbranched alkanes of at least 4 members (excludes halogenated alkanes) is 6. The van der Waals surface area contributed by atoms with Gasteiger partial charge < -0.3 is 0 Å². The van der Waals surface area contributed by atoms with Crippen molar-refractivity contribution in [3.63, 3.8) is 0 Å². The highest BCUT2D eigenvalue weighted by atomic mass is 32.2. The van der Waals surface area contributed by atoms with Gasteiger partial charge in [-0.2, -0.15) is 5.10 Å². The Balaban J connectivity index is 2.30. The quantitative estimate of drug-likeness (QED) is 0.268. The van der Waals surface area contributed by atoms with Crippen molar-refractivity contribution in [3.05, 3.63) is 39.9 Å². The lowest BCUT2D eigenvalue weighted by Crippen LogP contribution is -2.21. The van der Waals surface area contributed by atoms with Gasteiger partial charge in [0.1, 0.15) is 0 Å². The van der Waals surface area contributed by atoms with Gasteiger partial charge in [-0.25, -0.2) is 13.2 Å². The van der Waals surface area contributed by atoms with Crippen molar-refractivity contribution in [3.8, 4) is 0 Å². The normalized spacial score (nSPS) is 11.7. The molecule has 0 aromatic heterocycles. The number of nitro groups is 1. The van der Waals surface area contributed by atoms with Crippen LogP contribution in [0, 0.1) is 10.1 Å². The third-order valence-corrected chi connectivity index (χ3v) is 4.74. The Bertz CT molecular complexity index is 627. The van der Waals surface area contributed by atoms with Crippen molar-refractivity contribution in [2.75, 3.05) is 5.75 Å². The second-order valence-electron chi connectivity index (χ2n) is 5.64. The monoisotopic (exact) mass is 355 g/mol. The summed E-state index contributed by atoms with van der Waals surface area (Å²) in [6.07, 6.45) is 8.70. The summed E-state index contributed by atoms with van der Waals surface area (Å²) in [6, 6.07) is 5.70. The molecule has 0 radical (unpaired) electrons. The molecule has 0 aliphatic carbocycles. The molecule has 0 aliphatic rings. The zero-order valence-corrected chi connectivity index (χ0v) is 14.8. The highest BCUT2D eigenvalue weighted by Gasteiger charge is 2.08. The Morgan fingerprint density at radius 3 is 2.25 bits per heavy atom. The zero-order valence-electron chi connectivity index (χ0n) is 14.0. The fourth-order valence-electron chi connectivity index (χ4n) is 2.16. The van der Waals surface area contributed by atoms with Crippen molar-refractivity contribution < 1.29 is 13.3 Å². The van der Waals surface area contributed by atoms with Gasteiger partial charge in [-0.1, -0.05) is 45.4 Å². The van der Waals surface area contributed by atoms with Gasteiger partial charge in [0.25, 0.3) is 5.69 Å². The van der Waals surface area contributed by atoms with Crippen LogP contribution < -0.4 is 4.83 Å². The summed E-state index contributed by atoms with van der Waals surface area (Å²) in [5.41, 5.74) is 0.561. The minimum atomic E-state index is -3.43. The number of rotatable bonds is 12. The van der Waals surface area contributed by atoms with E-state index in [1.165, 1.54) is 49.7 Å². The smallest absolute Gasteiger partial charge is 0.258 e. The molecule has 1 N–H and O–H groups in total. The summed E-state index contributed by atoms with van der Waals surface area (Å²) in [4.78, 5) is 12.2. The fraction of sp³-hybridized carbons (Fsp3) is 0.562. The van der Waals surface area contributed by atoms with Crippen LogP contribution in [0.3, 0.4) is 0 Å². The summed E-state index contributed by atoms with van der Waals surface area (Å²) < 4.78 is 23.6. The van der Waals surface area contributed by atoms with Crippen LogP contribution in [-0.2, 0) is 10.0 Å². The average molecular weight is 355 g/mol. The second-order valence-corrected chi connectivity index (χ2v) is 7.46. The first-order valence-corrected chi connectivity index (χ1v) is 9.87. The molecule has 0 unspecified atom stereocenters. The molecule has 0 amide bonds. The lowest BCUT2D eigenvalue weighted by molar-refractivity contribution is -0.384. The van der Waals surface area contributed by atoms with Crippen LogP contribution in [0.2, 0.25) is 0 Å². The van der Waals surface area contributed by atoms with Gasteiger partial charge >= 0.3 is 0 Å². The van der Waals surface area contributed by atoms with E-state index in [1.54, 1.807) is 0 Å². The van der Waals surface area contributed by atoms with E-state index in [-0.39, 0.29) is 11.4 Å². The van der Waals surface area contributed by atoms with Crippen LogP contribution in [0.4, 0.5) is 5.69 Å². The Morgan fingerprint density at radius 1 is 1.08 bits per heavy atom. The first-order valence-electron chi connectivity index (χ1n) is 8.21. The molecule has 8 heteroatoms. The standard InChI is InChI=1S/C16H25N3O4S/c1-2-3-4-5-6-7-8-13-24(22,23)18-17-14-15-9-11-16(12-10-15)19(20)21/h9-12,14,18H,2-8,13H2,1H3/b17-14-. The Kier molecular flexibility index (Phi) is 8.99. The SMILES string of the molecule is CCCCCCCCCS(=O)(=O)N/N=C\c1ccc([N+](=O)[O-])cc1.